The molecule has 0 aromatic heterocycles. The smallest absolute Gasteiger partial charge is 0.246 e. The topological polar surface area (TPSA) is 40.6 Å². The lowest BCUT2D eigenvalue weighted by atomic mass is 10.3. The van der Waals surface area contributed by atoms with E-state index in [2.05, 4.69) is 15.9 Å². The first kappa shape index (κ1) is 14.8. The summed E-state index contributed by atoms with van der Waals surface area (Å²) in [5.41, 5.74) is 0. The van der Waals surface area contributed by atoms with E-state index in [1.807, 2.05) is 11.9 Å². The highest BCUT2D eigenvalue weighted by molar-refractivity contribution is 9.10. The minimum absolute atomic E-state index is 0.0951. The molecule has 106 valence electrons. The second kappa shape index (κ2) is 5.43. The van der Waals surface area contributed by atoms with Gasteiger partial charge < -0.3 is 4.90 Å². The number of nitrogens with zero attached hydrogens (tertiary/aromatic N) is 2. The van der Waals surface area contributed by atoms with Gasteiger partial charge in [0.05, 0.1) is 4.47 Å². The normalized spacial score (nSPS) is 18.7. The van der Waals surface area contributed by atoms with E-state index in [0.717, 1.165) is 6.07 Å². The van der Waals surface area contributed by atoms with E-state index in [9.17, 15) is 17.2 Å². The Bertz CT molecular complexity index is 587. The van der Waals surface area contributed by atoms with Gasteiger partial charge in [0, 0.05) is 26.2 Å². The van der Waals surface area contributed by atoms with Crippen molar-refractivity contribution in [2.45, 2.75) is 4.90 Å². The van der Waals surface area contributed by atoms with Gasteiger partial charge in [-0.15, -0.1) is 0 Å². The van der Waals surface area contributed by atoms with Gasteiger partial charge in [-0.05, 0) is 35.1 Å². The van der Waals surface area contributed by atoms with E-state index < -0.39 is 26.6 Å². The number of halogens is 3. The Labute approximate surface area is 119 Å². The van der Waals surface area contributed by atoms with Gasteiger partial charge in [-0.2, -0.15) is 4.31 Å². The van der Waals surface area contributed by atoms with Gasteiger partial charge in [0.15, 0.2) is 0 Å². The second-order valence-corrected chi connectivity index (χ2v) is 7.16. The van der Waals surface area contributed by atoms with Crippen LogP contribution in [0.5, 0.6) is 0 Å². The molecule has 8 heteroatoms. The predicted octanol–water partition coefficient (Wildman–Crippen LogP) is 1.66. The maximum atomic E-state index is 13.7. The first-order valence-corrected chi connectivity index (χ1v) is 7.89. The van der Waals surface area contributed by atoms with Gasteiger partial charge in [-0.3, -0.25) is 0 Å². The van der Waals surface area contributed by atoms with Gasteiger partial charge in [-0.1, -0.05) is 0 Å². The van der Waals surface area contributed by atoms with Crippen LogP contribution in [-0.4, -0.2) is 50.8 Å². The maximum absolute atomic E-state index is 13.7. The molecule has 0 bridgehead atoms. The van der Waals surface area contributed by atoms with Crippen LogP contribution < -0.4 is 0 Å². The summed E-state index contributed by atoms with van der Waals surface area (Å²) in [7, 11) is -2.11. The molecule has 0 radical (unpaired) electrons. The predicted molar refractivity (Wildman–Crippen MR) is 70.3 cm³/mol. The van der Waals surface area contributed by atoms with Gasteiger partial charge in [0.2, 0.25) is 10.0 Å². The Hall–Kier alpha value is -0.570. The average molecular weight is 355 g/mol. The van der Waals surface area contributed by atoms with Crippen LogP contribution in [0.1, 0.15) is 0 Å². The highest BCUT2D eigenvalue weighted by atomic mass is 79.9. The minimum Gasteiger partial charge on any atom is -0.304 e. The summed E-state index contributed by atoms with van der Waals surface area (Å²) in [6.45, 7) is 1.69. The summed E-state index contributed by atoms with van der Waals surface area (Å²) in [6.07, 6.45) is 0. The lowest BCUT2D eigenvalue weighted by Crippen LogP contribution is -2.47. The van der Waals surface area contributed by atoms with Crippen molar-refractivity contribution in [3.05, 3.63) is 28.2 Å². The zero-order valence-electron chi connectivity index (χ0n) is 10.2. The second-order valence-electron chi connectivity index (χ2n) is 4.40. The van der Waals surface area contributed by atoms with Crippen LogP contribution >= 0.6 is 15.9 Å². The first-order valence-electron chi connectivity index (χ1n) is 5.65. The molecule has 1 aromatic rings. The molecule has 19 heavy (non-hydrogen) atoms. The molecule has 4 nitrogen and oxygen atoms in total. The molecule has 2 rings (SSSR count). The molecule has 1 fully saturated rings. The van der Waals surface area contributed by atoms with Crippen molar-refractivity contribution in [3.8, 4) is 0 Å². The summed E-state index contributed by atoms with van der Waals surface area (Å²) in [6, 6.07) is 1.55. The zero-order valence-corrected chi connectivity index (χ0v) is 12.6. The summed E-state index contributed by atoms with van der Waals surface area (Å²) in [4.78, 5) is 1.36. The van der Waals surface area contributed by atoms with Crippen LogP contribution in [0, 0.1) is 11.6 Å². The number of hydrogen-bond acceptors (Lipinski definition) is 3. The average Bonchev–Trinajstić information content (AvgIpc) is 2.34. The van der Waals surface area contributed by atoms with E-state index in [1.54, 1.807) is 0 Å². The molecule has 1 aliphatic rings. The number of likely N-dealkylation sites (N-methyl/N-ethyl adjacent to an activating group) is 1. The number of sulfonamides is 1. The number of piperazine rings is 1. The van der Waals surface area contributed by atoms with Crippen molar-refractivity contribution < 1.29 is 17.2 Å². The molecule has 0 unspecified atom stereocenters. The van der Waals surface area contributed by atoms with E-state index in [0.29, 0.717) is 19.2 Å². The SMILES string of the molecule is CN1CCN(S(=O)(=O)c2cc(F)c(Br)cc2F)CC1. The Morgan fingerprint density at radius 1 is 1.11 bits per heavy atom. The van der Waals surface area contributed by atoms with Crippen LogP contribution in [0.3, 0.4) is 0 Å². The number of benzene rings is 1. The van der Waals surface area contributed by atoms with E-state index in [4.69, 9.17) is 0 Å². The van der Waals surface area contributed by atoms with Crippen molar-refractivity contribution in [2.24, 2.45) is 0 Å². The molecule has 1 aliphatic heterocycles. The maximum Gasteiger partial charge on any atom is 0.246 e. The molecule has 1 aromatic carbocycles. The van der Waals surface area contributed by atoms with Crippen LogP contribution in [-0.2, 0) is 10.0 Å². The fourth-order valence-corrected chi connectivity index (χ4v) is 3.66. The highest BCUT2D eigenvalue weighted by Gasteiger charge is 2.30. The summed E-state index contributed by atoms with van der Waals surface area (Å²) in [5.74, 6) is -1.75. The number of hydrogen-bond donors (Lipinski definition) is 0. The van der Waals surface area contributed by atoms with Crippen LogP contribution in [0.2, 0.25) is 0 Å². The standard InChI is InChI=1S/C11H13BrF2N2O2S/c1-15-2-4-16(5-3-15)19(17,18)11-7-9(13)8(12)6-10(11)14/h6-7H,2-5H2,1H3. The third-order valence-corrected chi connectivity index (χ3v) is 5.58. The Morgan fingerprint density at radius 2 is 1.68 bits per heavy atom. The fraction of sp³-hybridized carbons (Fsp3) is 0.455. The van der Waals surface area contributed by atoms with Crippen molar-refractivity contribution in [3.63, 3.8) is 0 Å². The van der Waals surface area contributed by atoms with Crippen molar-refractivity contribution in [1.82, 2.24) is 9.21 Å². The van der Waals surface area contributed by atoms with Gasteiger partial charge in [0.1, 0.15) is 16.5 Å². The lowest BCUT2D eigenvalue weighted by Gasteiger charge is -2.31. The van der Waals surface area contributed by atoms with Crippen LogP contribution in [0.25, 0.3) is 0 Å². The Morgan fingerprint density at radius 3 is 2.26 bits per heavy atom. The number of rotatable bonds is 2. The van der Waals surface area contributed by atoms with Gasteiger partial charge in [-0.25, -0.2) is 17.2 Å². The first-order chi connectivity index (χ1) is 8.82. The molecule has 0 spiro atoms. The molecular formula is C11H13BrF2N2O2S. The monoisotopic (exact) mass is 354 g/mol. The fourth-order valence-electron chi connectivity index (χ4n) is 1.87. The third kappa shape index (κ3) is 2.96. The lowest BCUT2D eigenvalue weighted by molar-refractivity contribution is 0.222. The Kier molecular flexibility index (Phi) is 4.24. The van der Waals surface area contributed by atoms with Crippen molar-refractivity contribution >= 4 is 26.0 Å². The van der Waals surface area contributed by atoms with Crippen LogP contribution in [0.15, 0.2) is 21.5 Å². The molecule has 0 saturated carbocycles. The van der Waals surface area contributed by atoms with Crippen LogP contribution in [0.4, 0.5) is 8.78 Å². The summed E-state index contributed by atoms with van der Waals surface area (Å²) in [5, 5.41) is 0. The summed E-state index contributed by atoms with van der Waals surface area (Å²) >= 11 is 2.82. The largest absolute Gasteiger partial charge is 0.304 e. The summed E-state index contributed by atoms with van der Waals surface area (Å²) < 4.78 is 52.8. The zero-order chi connectivity index (χ0) is 14.2. The van der Waals surface area contributed by atoms with Gasteiger partial charge in [0.25, 0.3) is 0 Å². The molecule has 1 heterocycles. The molecule has 0 amide bonds. The minimum atomic E-state index is -3.98. The van der Waals surface area contributed by atoms with E-state index >= 15 is 0 Å². The molecular weight excluding hydrogens is 342 g/mol. The van der Waals surface area contributed by atoms with Crippen molar-refractivity contribution in [2.75, 3.05) is 33.2 Å². The molecule has 0 atom stereocenters. The molecule has 0 N–H and O–H groups in total. The third-order valence-electron chi connectivity index (χ3n) is 3.05. The molecule has 0 aliphatic carbocycles. The van der Waals surface area contributed by atoms with E-state index in [1.165, 1.54) is 4.31 Å². The quantitative estimate of drug-likeness (QED) is 0.758. The Balaban J connectivity index is 2.37. The van der Waals surface area contributed by atoms with E-state index in [-0.39, 0.29) is 17.6 Å². The highest BCUT2D eigenvalue weighted by Crippen LogP contribution is 2.26. The molecule has 1 saturated heterocycles. The van der Waals surface area contributed by atoms with Crippen molar-refractivity contribution in [1.29, 1.82) is 0 Å². The van der Waals surface area contributed by atoms with Gasteiger partial charge >= 0.3 is 0 Å².